The first-order valence-electron chi connectivity index (χ1n) is 7.51. The lowest BCUT2D eigenvalue weighted by Gasteiger charge is -2.12. The van der Waals surface area contributed by atoms with Crippen LogP contribution in [-0.4, -0.2) is 53.0 Å². The van der Waals surface area contributed by atoms with Gasteiger partial charge in [0.25, 0.3) is 5.91 Å². The molecule has 7 nitrogen and oxygen atoms in total. The van der Waals surface area contributed by atoms with Gasteiger partial charge in [-0.15, -0.1) is 0 Å². The van der Waals surface area contributed by atoms with Crippen LogP contribution < -0.4 is 14.8 Å². The lowest BCUT2D eigenvalue weighted by atomic mass is 10.2. The summed E-state index contributed by atoms with van der Waals surface area (Å²) in [7, 11) is -1.91. The summed E-state index contributed by atoms with van der Waals surface area (Å²) in [6.45, 7) is 1.01. The molecular formula is C15H22N2O5S. The van der Waals surface area contributed by atoms with Crippen LogP contribution in [0, 0.1) is 0 Å². The maximum atomic E-state index is 12.0. The quantitative estimate of drug-likeness (QED) is 0.718. The number of hydrogen-bond acceptors (Lipinski definition) is 5. The number of sulfonamides is 1. The van der Waals surface area contributed by atoms with Crippen LogP contribution in [-0.2, 0) is 14.8 Å². The molecule has 1 heterocycles. The highest BCUT2D eigenvalue weighted by atomic mass is 32.2. The van der Waals surface area contributed by atoms with Crippen LogP contribution in [0.1, 0.15) is 23.2 Å². The Balaban J connectivity index is 1.75. The largest absolute Gasteiger partial charge is 0.497 e. The maximum Gasteiger partial charge on any atom is 0.251 e. The number of hydrogen-bond donors (Lipinski definition) is 2. The van der Waals surface area contributed by atoms with Crippen LogP contribution in [0.15, 0.2) is 24.3 Å². The second kappa shape index (κ2) is 8.28. The molecule has 1 fully saturated rings. The Labute approximate surface area is 136 Å². The van der Waals surface area contributed by atoms with Gasteiger partial charge in [0, 0.05) is 25.3 Å². The van der Waals surface area contributed by atoms with Crippen LogP contribution in [0.2, 0.25) is 0 Å². The Bertz CT molecular complexity index is 627. The maximum absolute atomic E-state index is 12.0. The highest BCUT2D eigenvalue weighted by molar-refractivity contribution is 7.89. The van der Waals surface area contributed by atoms with E-state index >= 15 is 0 Å². The van der Waals surface area contributed by atoms with Crippen molar-refractivity contribution in [2.45, 2.75) is 18.9 Å². The van der Waals surface area contributed by atoms with Crippen LogP contribution in [0.25, 0.3) is 0 Å². The number of rotatable bonds is 8. The SMILES string of the molecule is COc1cccc(C(=O)NCCS(=O)(=O)NC[C@@H]2CCCO2)c1. The van der Waals surface area contributed by atoms with Crippen LogP contribution >= 0.6 is 0 Å². The van der Waals surface area contributed by atoms with E-state index in [1.54, 1.807) is 24.3 Å². The fourth-order valence-electron chi connectivity index (χ4n) is 2.26. The van der Waals surface area contributed by atoms with E-state index in [0.717, 1.165) is 12.8 Å². The van der Waals surface area contributed by atoms with Gasteiger partial charge in [0.1, 0.15) is 5.75 Å². The number of carbonyl (C=O) groups excluding carboxylic acids is 1. The van der Waals surface area contributed by atoms with Crippen LogP contribution in [0.3, 0.4) is 0 Å². The molecule has 2 rings (SSSR count). The number of nitrogens with one attached hydrogen (secondary N) is 2. The third-order valence-electron chi connectivity index (χ3n) is 3.54. The molecule has 1 aromatic rings. The predicted molar refractivity (Wildman–Crippen MR) is 86.1 cm³/mol. The first kappa shape index (κ1) is 17.7. The van der Waals surface area contributed by atoms with Gasteiger partial charge in [0.15, 0.2) is 0 Å². The Morgan fingerprint density at radius 1 is 1.43 bits per heavy atom. The Morgan fingerprint density at radius 3 is 2.96 bits per heavy atom. The predicted octanol–water partition coefficient (Wildman–Crippen LogP) is 0.523. The Morgan fingerprint density at radius 2 is 2.26 bits per heavy atom. The molecule has 1 amide bonds. The van der Waals surface area contributed by atoms with Crippen molar-refractivity contribution in [3.05, 3.63) is 29.8 Å². The van der Waals surface area contributed by atoms with Crippen molar-refractivity contribution >= 4 is 15.9 Å². The third-order valence-corrected chi connectivity index (χ3v) is 4.89. The smallest absolute Gasteiger partial charge is 0.251 e. The van der Waals surface area contributed by atoms with Gasteiger partial charge in [-0.25, -0.2) is 13.1 Å². The highest BCUT2D eigenvalue weighted by Gasteiger charge is 2.19. The summed E-state index contributed by atoms with van der Waals surface area (Å²) in [4.78, 5) is 12.0. The summed E-state index contributed by atoms with van der Waals surface area (Å²) in [6, 6.07) is 6.67. The molecule has 1 saturated heterocycles. The summed E-state index contributed by atoms with van der Waals surface area (Å²) in [5.74, 6) is 0.0665. The molecule has 0 aliphatic carbocycles. The fraction of sp³-hybridized carbons (Fsp3) is 0.533. The molecule has 0 saturated carbocycles. The fourth-order valence-corrected chi connectivity index (χ4v) is 3.22. The molecule has 1 aromatic carbocycles. The number of carbonyl (C=O) groups is 1. The zero-order valence-corrected chi connectivity index (χ0v) is 13.9. The van der Waals surface area contributed by atoms with Crippen LogP contribution in [0.4, 0.5) is 0 Å². The summed E-state index contributed by atoms with van der Waals surface area (Å²) >= 11 is 0. The normalized spacial score (nSPS) is 17.9. The van der Waals surface area contributed by atoms with E-state index < -0.39 is 10.0 Å². The number of amides is 1. The number of methoxy groups -OCH3 is 1. The molecule has 0 bridgehead atoms. The van der Waals surface area contributed by atoms with Crippen molar-refractivity contribution in [3.8, 4) is 5.75 Å². The summed E-state index contributed by atoms with van der Waals surface area (Å²) < 4.78 is 36.7. The lowest BCUT2D eigenvalue weighted by molar-refractivity contribution is 0.0955. The minimum Gasteiger partial charge on any atom is -0.497 e. The molecule has 0 spiro atoms. The monoisotopic (exact) mass is 342 g/mol. The van der Waals surface area contributed by atoms with Gasteiger partial charge in [-0.05, 0) is 31.0 Å². The van der Waals surface area contributed by atoms with E-state index in [2.05, 4.69) is 10.0 Å². The third kappa shape index (κ3) is 5.81. The van der Waals surface area contributed by atoms with Gasteiger partial charge < -0.3 is 14.8 Å². The van der Waals surface area contributed by atoms with E-state index in [1.165, 1.54) is 7.11 Å². The van der Waals surface area contributed by atoms with Crippen molar-refractivity contribution in [2.75, 3.05) is 32.6 Å². The standard InChI is InChI=1S/C15H22N2O5S/c1-21-13-5-2-4-12(10-13)15(18)16-7-9-23(19,20)17-11-14-6-3-8-22-14/h2,4-5,10,14,17H,3,6-9,11H2,1H3,(H,16,18)/t14-/m0/s1. The summed E-state index contributed by atoms with van der Waals surface area (Å²) in [6.07, 6.45) is 1.79. The van der Waals surface area contributed by atoms with E-state index in [9.17, 15) is 13.2 Å². The molecular weight excluding hydrogens is 320 g/mol. The lowest BCUT2D eigenvalue weighted by Crippen LogP contribution is -2.37. The van der Waals surface area contributed by atoms with Gasteiger partial charge in [0.2, 0.25) is 10.0 Å². The average molecular weight is 342 g/mol. The molecule has 0 radical (unpaired) electrons. The zero-order valence-electron chi connectivity index (χ0n) is 13.1. The van der Waals surface area contributed by atoms with Crippen molar-refractivity contribution in [2.24, 2.45) is 0 Å². The van der Waals surface area contributed by atoms with Gasteiger partial charge >= 0.3 is 0 Å². The molecule has 0 unspecified atom stereocenters. The number of benzene rings is 1. The second-order valence-corrected chi connectivity index (χ2v) is 7.22. The van der Waals surface area contributed by atoms with Crippen molar-refractivity contribution < 1.29 is 22.7 Å². The van der Waals surface area contributed by atoms with Crippen molar-refractivity contribution in [3.63, 3.8) is 0 Å². The van der Waals surface area contributed by atoms with Crippen molar-refractivity contribution in [1.29, 1.82) is 0 Å². The second-order valence-electron chi connectivity index (χ2n) is 5.29. The molecule has 2 N–H and O–H groups in total. The average Bonchev–Trinajstić information content (AvgIpc) is 3.06. The first-order valence-corrected chi connectivity index (χ1v) is 9.16. The highest BCUT2D eigenvalue weighted by Crippen LogP contribution is 2.12. The Kier molecular flexibility index (Phi) is 6.37. The van der Waals surface area contributed by atoms with E-state index in [4.69, 9.17) is 9.47 Å². The van der Waals surface area contributed by atoms with Crippen LogP contribution in [0.5, 0.6) is 5.75 Å². The molecule has 0 aromatic heterocycles. The van der Waals surface area contributed by atoms with E-state index in [1.807, 2.05) is 0 Å². The first-order chi connectivity index (χ1) is 11.0. The van der Waals surface area contributed by atoms with Crippen molar-refractivity contribution in [1.82, 2.24) is 10.0 Å². The molecule has 128 valence electrons. The molecule has 8 heteroatoms. The van der Waals surface area contributed by atoms with Gasteiger partial charge in [-0.1, -0.05) is 6.07 Å². The molecule has 1 aliphatic heterocycles. The number of ether oxygens (including phenoxy) is 2. The van der Waals surface area contributed by atoms with Gasteiger partial charge in [-0.2, -0.15) is 0 Å². The molecule has 23 heavy (non-hydrogen) atoms. The molecule has 1 aliphatic rings. The minimum absolute atomic E-state index is 0.0386. The minimum atomic E-state index is -3.43. The summed E-state index contributed by atoms with van der Waals surface area (Å²) in [5.41, 5.74) is 0.425. The van der Waals surface area contributed by atoms with Gasteiger partial charge in [0.05, 0.1) is 19.0 Å². The summed E-state index contributed by atoms with van der Waals surface area (Å²) in [5, 5.41) is 2.59. The van der Waals surface area contributed by atoms with E-state index in [0.29, 0.717) is 17.9 Å². The topological polar surface area (TPSA) is 93.7 Å². The van der Waals surface area contributed by atoms with E-state index in [-0.39, 0.29) is 30.9 Å². The van der Waals surface area contributed by atoms with Gasteiger partial charge in [-0.3, -0.25) is 4.79 Å². The Hall–Kier alpha value is -1.64. The zero-order chi connectivity index (χ0) is 16.7. The molecule has 1 atom stereocenters.